The third-order valence-electron chi connectivity index (χ3n) is 3.71. The van der Waals surface area contributed by atoms with Crippen molar-refractivity contribution in [2.75, 3.05) is 17.3 Å². The van der Waals surface area contributed by atoms with Crippen molar-refractivity contribution in [2.45, 2.75) is 6.92 Å². The van der Waals surface area contributed by atoms with E-state index in [1.54, 1.807) is 18.9 Å². The summed E-state index contributed by atoms with van der Waals surface area (Å²) in [5.41, 5.74) is 1.81. The van der Waals surface area contributed by atoms with E-state index in [0.717, 1.165) is 11.4 Å². The van der Waals surface area contributed by atoms with Crippen LogP contribution in [0.4, 0.5) is 28.8 Å². The third kappa shape index (κ3) is 3.55. The zero-order valence-electron chi connectivity index (χ0n) is 13.9. The molecule has 7 nitrogen and oxygen atoms in total. The highest BCUT2D eigenvalue weighted by atomic mass is 16.6. The van der Waals surface area contributed by atoms with Gasteiger partial charge in [-0.1, -0.05) is 36.4 Å². The molecule has 3 aromatic rings. The van der Waals surface area contributed by atoms with Crippen LogP contribution in [-0.4, -0.2) is 21.9 Å². The molecule has 1 aromatic heterocycles. The van der Waals surface area contributed by atoms with Crippen molar-refractivity contribution in [3.8, 4) is 0 Å². The highest BCUT2D eigenvalue weighted by Crippen LogP contribution is 2.33. The molecule has 0 bridgehead atoms. The van der Waals surface area contributed by atoms with Gasteiger partial charge in [-0.3, -0.25) is 10.1 Å². The minimum absolute atomic E-state index is 0.107. The lowest BCUT2D eigenvalue weighted by molar-refractivity contribution is -0.385. The zero-order chi connectivity index (χ0) is 17.8. The van der Waals surface area contributed by atoms with Crippen molar-refractivity contribution in [2.24, 2.45) is 0 Å². The Balaban J connectivity index is 2.06. The van der Waals surface area contributed by atoms with E-state index in [-0.39, 0.29) is 11.5 Å². The number of hydrogen-bond acceptors (Lipinski definition) is 6. The number of nitro groups is 1. The molecule has 0 atom stereocenters. The maximum absolute atomic E-state index is 11.5. The van der Waals surface area contributed by atoms with Gasteiger partial charge in [0.2, 0.25) is 11.8 Å². The molecule has 1 heterocycles. The molecule has 25 heavy (non-hydrogen) atoms. The Hall–Kier alpha value is -3.48. The van der Waals surface area contributed by atoms with Gasteiger partial charge in [0.15, 0.2) is 0 Å². The fraction of sp³-hybridized carbons (Fsp3) is 0.111. The van der Waals surface area contributed by atoms with Gasteiger partial charge in [0.05, 0.1) is 4.92 Å². The summed E-state index contributed by atoms with van der Waals surface area (Å²) in [5, 5.41) is 14.6. The van der Waals surface area contributed by atoms with Gasteiger partial charge < -0.3 is 10.2 Å². The van der Waals surface area contributed by atoms with Crippen molar-refractivity contribution in [3.63, 3.8) is 0 Å². The third-order valence-corrected chi connectivity index (χ3v) is 3.71. The first-order valence-electron chi connectivity index (χ1n) is 7.70. The molecule has 0 radical (unpaired) electrons. The quantitative estimate of drug-likeness (QED) is 0.555. The van der Waals surface area contributed by atoms with E-state index in [1.165, 1.54) is 0 Å². The minimum atomic E-state index is -0.448. The molecule has 0 aliphatic heterocycles. The summed E-state index contributed by atoms with van der Waals surface area (Å²) in [4.78, 5) is 21.4. The summed E-state index contributed by atoms with van der Waals surface area (Å²) >= 11 is 0. The first kappa shape index (κ1) is 16.4. The largest absolute Gasteiger partial charge is 0.333 e. The molecule has 0 spiro atoms. The number of aromatic nitrogens is 2. The summed E-state index contributed by atoms with van der Waals surface area (Å²) in [7, 11) is 1.75. The van der Waals surface area contributed by atoms with Crippen LogP contribution in [0.3, 0.4) is 0 Å². The van der Waals surface area contributed by atoms with Crippen LogP contribution in [0.25, 0.3) is 0 Å². The molecule has 0 unspecified atom stereocenters. The van der Waals surface area contributed by atoms with Crippen LogP contribution in [0.5, 0.6) is 0 Å². The van der Waals surface area contributed by atoms with Gasteiger partial charge in [0.25, 0.3) is 0 Å². The Kier molecular flexibility index (Phi) is 4.56. The predicted molar refractivity (Wildman–Crippen MR) is 97.7 cm³/mol. The van der Waals surface area contributed by atoms with E-state index >= 15 is 0 Å². The van der Waals surface area contributed by atoms with E-state index in [2.05, 4.69) is 15.3 Å². The average molecular weight is 335 g/mol. The monoisotopic (exact) mass is 335 g/mol. The predicted octanol–water partition coefficient (Wildman–Crippen LogP) is 4.20. The molecular weight excluding hydrogens is 318 g/mol. The van der Waals surface area contributed by atoms with Gasteiger partial charge >= 0.3 is 5.69 Å². The average Bonchev–Trinajstić information content (AvgIpc) is 2.62. The first-order valence-corrected chi connectivity index (χ1v) is 7.70. The molecule has 0 saturated carbocycles. The molecule has 7 heteroatoms. The lowest BCUT2D eigenvalue weighted by Crippen LogP contribution is -2.16. The Bertz CT molecular complexity index is 885. The number of hydrogen-bond donors (Lipinski definition) is 1. The Morgan fingerprint density at radius 2 is 1.60 bits per heavy atom. The molecule has 0 fully saturated rings. The van der Waals surface area contributed by atoms with Crippen LogP contribution >= 0.6 is 0 Å². The Labute approximate surface area is 145 Å². The van der Waals surface area contributed by atoms with Crippen molar-refractivity contribution in [3.05, 3.63) is 76.5 Å². The van der Waals surface area contributed by atoms with E-state index < -0.39 is 4.92 Å². The second-order valence-corrected chi connectivity index (χ2v) is 5.45. The van der Waals surface area contributed by atoms with Crippen molar-refractivity contribution >= 4 is 28.8 Å². The van der Waals surface area contributed by atoms with Crippen LogP contribution < -0.4 is 10.2 Å². The van der Waals surface area contributed by atoms with Gasteiger partial charge in [0.1, 0.15) is 5.69 Å². The van der Waals surface area contributed by atoms with Gasteiger partial charge in [-0.15, -0.1) is 0 Å². The van der Waals surface area contributed by atoms with Crippen LogP contribution in [-0.2, 0) is 0 Å². The number of aryl methyl sites for hydroxylation is 1. The SMILES string of the molecule is Cc1nc(Nc2ccccc2)nc(N(C)c2ccccc2)c1[N+](=O)[O-]. The minimum Gasteiger partial charge on any atom is -0.324 e. The summed E-state index contributed by atoms with van der Waals surface area (Å²) in [6, 6.07) is 18.8. The normalized spacial score (nSPS) is 10.3. The van der Waals surface area contributed by atoms with Crippen LogP contribution in [0.2, 0.25) is 0 Å². The fourth-order valence-corrected chi connectivity index (χ4v) is 2.48. The number of benzene rings is 2. The molecular formula is C18H17N5O2. The molecule has 0 amide bonds. The summed E-state index contributed by atoms with van der Waals surface area (Å²) in [6.45, 7) is 1.61. The molecule has 3 rings (SSSR count). The van der Waals surface area contributed by atoms with E-state index in [4.69, 9.17) is 0 Å². The molecule has 1 N–H and O–H groups in total. The van der Waals surface area contributed by atoms with Crippen molar-refractivity contribution < 1.29 is 4.92 Å². The number of anilines is 4. The molecule has 0 aliphatic rings. The van der Waals surface area contributed by atoms with Crippen LogP contribution in [0, 0.1) is 17.0 Å². The van der Waals surface area contributed by atoms with Gasteiger partial charge in [0, 0.05) is 18.4 Å². The summed E-state index contributed by atoms with van der Waals surface area (Å²) < 4.78 is 0. The lowest BCUT2D eigenvalue weighted by Gasteiger charge is -2.19. The lowest BCUT2D eigenvalue weighted by atomic mass is 10.2. The van der Waals surface area contributed by atoms with Gasteiger partial charge in [-0.25, -0.2) is 4.98 Å². The van der Waals surface area contributed by atoms with E-state index in [0.29, 0.717) is 11.6 Å². The highest BCUT2D eigenvalue weighted by molar-refractivity contribution is 5.71. The number of nitrogens with one attached hydrogen (secondary N) is 1. The van der Waals surface area contributed by atoms with Crippen molar-refractivity contribution in [1.29, 1.82) is 0 Å². The van der Waals surface area contributed by atoms with Gasteiger partial charge in [-0.05, 0) is 31.2 Å². The maximum Gasteiger partial charge on any atom is 0.333 e. The molecule has 0 saturated heterocycles. The second-order valence-electron chi connectivity index (χ2n) is 5.45. The van der Waals surface area contributed by atoms with Gasteiger partial charge in [-0.2, -0.15) is 4.98 Å². The fourth-order valence-electron chi connectivity index (χ4n) is 2.48. The smallest absolute Gasteiger partial charge is 0.324 e. The molecule has 2 aromatic carbocycles. The zero-order valence-corrected chi connectivity index (χ0v) is 13.9. The first-order chi connectivity index (χ1) is 12.1. The number of para-hydroxylation sites is 2. The molecule has 126 valence electrons. The number of rotatable bonds is 5. The highest BCUT2D eigenvalue weighted by Gasteiger charge is 2.25. The van der Waals surface area contributed by atoms with Crippen LogP contribution in [0.1, 0.15) is 5.69 Å². The van der Waals surface area contributed by atoms with E-state index in [9.17, 15) is 10.1 Å². The standard InChI is InChI=1S/C18H17N5O2/c1-13-16(23(24)25)17(22(2)15-11-7-4-8-12-15)21-18(19-13)20-14-9-5-3-6-10-14/h3-12H,1-2H3,(H,19,20,21). The van der Waals surface area contributed by atoms with Crippen molar-refractivity contribution in [1.82, 2.24) is 9.97 Å². The Morgan fingerprint density at radius 1 is 1.00 bits per heavy atom. The second kappa shape index (κ2) is 6.96. The van der Waals surface area contributed by atoms with Crippen LogP contribution in [0.15, 0.2) is 60.7 Å². The maximum atomic E-state index is 11.5. The number of nitrogens with zero attached hydrogens (tertiary/aromatic N) is 4. The summed E-state index contributed by atoms with van der Waals surface area (Å²) in [6.07, 6.45) is 0. The van der Waals surface area contributed by atoms with E-state index in [1.807, 2.05) is 60.7 Å². The topological polar surface area (TPSA) is 84.2 Å². The summed E-state index contributed by atoms with van der Waals surface area (Å²) in [5.74, 6) is 0.550. The molecule has 0 aliphatic carbocycles. The Morgan fingerprint density at radius 3 is 2.20 bits per heavy atom.